The standard InChI is InChI=1S/C11H8F2N4OS/c1-5-14-8(18-16-5)4-17-10-7(15-11(17)19)3-2-6(12)9(10)13/h2-3H,4H2,1H3,(H,15,19). The molecule has 0 amide bonds. The molecule has 0 aliphatic rings. The molecule has 0 saturated heterocycles. The van der Waals surface area contributed by atoms with Crippen molar-refractivity contribution in [1.82, 2.24) is 19.7 Å². The van der Waals surface area contributed by atoms with E-state index in [1.807, 2.05) is 0 Å². The largest absolute Gasteiger partial charge is 0.337 e. The lowest BCUT2D eigenvalue weighted by Gasteiger charge is -2.01. The summed E-state index contributed by atoms with van der Waals surface area (Å²) in [6.07, 6.45) is 0. The summed E-state index contributed by atoms with van der Waals surface area (Å²) in [5, 5.41) is 3.64. The molecule has 0 atom stereocenters. The van der Waals surface area contributed by atoms with Crippen molar-refractivity contribution >= 4 is 23.3 Å². The molecular formula is C11H8F2N4OS. The van der Waals surface area contributed by atoms with Gasteiger partial charge in [-0.15, -0.1) is 0 Å². The number of benzene rings is 1. The van der Waals surface area contributed by atoms with Crippen LogP contribution in [0.5, 0.6) is 0 Å². The lowest BCUT2D eigenvalue weighted by molar-refractivity contribution is 0.368. The zero-order valence-electron chi connectivity index (χ0n) is 9.78. The molecule has 0 radical (unpaired) electrons. The number of fused-ring (bicyclic) bond motifs is 1. The molecule has 2 aromatic heterocycles. The highest BCUT2D eigenvalue weighted by Crippen LogP contribution is 2.21. The predicted molar refractivity (Wildman–Crippen MR) is 65.2 cm³/mol. The molecule has 0 aliphatic carbocycles. The van der Waals surface area contributed by atoms with Gasteiger partial charge in [-0.2, -0.15) is 4.98 Å². The molecular weight excluding hydrogens is 274 g/mol. The maximum Gasteiger partial charge on any atom is 0.246 e. The molecule has 0 aliphatic heterocycles. The van der Waals surface area contributed by atoms with Crippen LogP contribution in [0.4, 0.5) is 8.78 Å². The number of aromatic amines is 1. The summed E-state index contributed by atoms with van der Waals surface area (Å²) in [7, 11) is 0. The third kappa shape index (κ3) is 1.93. The van der Waals surface area contributed by atoms with E-state index in [-0.39, 0.29) is 22.7 Å². The van der Waals surface area contributed by atoms with Gasteiger partial charge in [0.2, 0.25) is 5.89 Å². The molecule has 19 heavy (non-hydrogen) atoms. The van der Waals surface area contributed by atoms with Crippen molar-refractivity contribution in [2.45, 2.75) is 13.5 Å². The number of aromatic nitrogens is 4. The van der Waals surface area contributed by atoms with Gasteiger partial charge < -0.3 is 14.1 Å². The minimum atomic E-state index is -0.957. The molecule has 0 spiro atoms. The number of aryl methyl sites for hydroxylation is 1. The molecule has 0 bridgehead atoms. The van der Waals surface area contributed by atoms with Gasteiger partial charge in [-0.1, -0.05) is 5.16 Å². The number of nitrogens with zero attached hydrogens (tertiary/aromatic N) is 3. The Morgan fingerprint density at radius 2 is 2.21 bits per heavy atom. The number of H-pyrrole nitrogens is 1. The van der Waals surface area contributed by atoms with Crippen LogP contribution >= 0.6 is 12.2 Å². The number of imidazole rings is 1. The van der Waals surface area contributed by atoms with E-state index in [1.165, 1.54) is 10.6 Å². The number of nitrogens with one attached hydrogen (secondary N) is 1. The summed E-state index contributed by atoms with van der Waals surface area (Å²) in [5.41, 5.74) is 0.473. The van der Waals surface area contributed by atoms with Gasteiger partial charge in [0.15, 0.2) is 22.2 Å². The van der Waals surface area contributed by atoms with E-state index in [0.29, 0.717) is 11.3 Å². The van der Waals surface area contributed by atoms with Gasteiger partial charge >= 0.3 is 0 Å². The fourth-order valence-corrected chi connectivity index (χ4v) is 2.15. The first-order valence-electron chi connectivity index (χ1n) is 5.42. The first kappa shape index (κ1) is 12.0. The van der Waals surface area contributed by atoms with Crippen molar-refractivity contribution < 1.29 is 13.3 Å². The van der Waals surface area contributed by atoms with E-state index in [4.69, 9.17) is 16.7 Å². The van der Waals surface area contributed by atoms with E-state index in [0.717, 1.165) is 6.07 Å². The van der Waals surface area contributed by atoms with Crippen molar-refractivity contribution in [3.63, 3.8) is 0 Å². The van der Waals surface area contributed by atoms with Crippen LogP contribution in [-0.4, -0.2) is 19.7 Å². The number of hydrogen-bond acceptors (Lipinski definition) is 4. The van der Waals surface area contributed by atoms with Crippen LogP contribution in [0.2, 0.25) is 0 Å². The van der Waals surface area contributed by atoms with Crippen molar-refractivity contribution in [3.8, 4) is 0 Å². The van der Waals surface area contributed by atoms with Crippen molar-refractivity contribution in [3.05, 3.63) is 40.3 Å². The normalized spacial score (nSPS) is 11.3. The third-order valence-corrected chi connectivity index (χ3v) is 3.01. The Bertz CT molecular complexity index is 820. The van der Waals surface area contributed by atoms with Gasteiger partial charge in [-0.05, 0) is 31.3 Å². The lowest BCUT2D eigenvalue weighted by Crippen LogP contribution is -2.02. The summed E-state index contributed by atoms with van der Waals surface area (Å²) in [4.78, 5) is 6.81. The molecule has 3 rings (SSSR count). The van der Waals surface area contributed by atoms with Crippen molar-refractivity contribution in [1.29, 1.82) is 0 Å². The Morgan fingerprint density at radius 1 is 1.42 bits per heavy atom. The molecule has 0 unspecified atom stereocenters. The number of rotatable bonds is 2. The maximum absolute atomic E-state index is 13.9. The Morgan fingerprint density at radius 3 is 2.89 bits per heavy atom. The number of hydrogen-bond donors (Lipinski definition) is 1. The fourth-order valence-electron chi connectivity index (χ4n) is 1.88. The zero-order chi connectivity index (χ0) is 13.6. The van der Waals surface area contributed by atoms with Crippen LogP contribution in [0.15, 0.2) is 16.7 Å². The minimum absolute atomic E-state index is 0.0563. The Labute approximate surface area is 110 Å². The van der Waals surface area contributed by atoms with E-state index in [2.05, 4.69) is 15.1 Å². The van der Waals surface area contributed by atoms with Crippen LogP contribution in [0.1, 0.15) is 11.7 Å². The average Bonchev–Trinajstić information content (AvgIpc) is 2.90. The number of halogens is 2. The van der Waals surface area contributed by atoms with E-state index in [9.17, 15) is 8.78 Å². The summed E-state index contributed by atoms with van der Waals surface area (Å²) in [6.45, 7) is 1.75. The molecule has 5 nitrogen and oxygen atoms in total. The van der Waals surface area contributed by atoms with Crippen LogP contribution in [0.3, 0.4) is 0 Å². The van der Waals surface area contributed by atoms with Gasteiger partial charge in [0.1, 0.15) is 12.1 Å². The quantitative estimate of drug-likeness (QED) is 0.734. The molecule has 3 aromatic rings. The maximum atomic E-state index is 13.9. The smallest absolute Gasteiger partial charge is 0.246 e. The van der Waals surface area contributed by atoms with Gasteiger partial charge in [-0.25, -0.2) is 8.78 Å². The van der Waals surface area contributed by atoms with E-state index in [1.54, 1.807) is 6.92 Å². The highest BCUT2D eigenvalue weighted by molar-refractivity contribution is 7.71. The average molecular weight is 282 g/mol. The van der Waals surface area contributed by atoms with Gasteiger partial charge in [0.25, 0.3) is 0 Å². The SMILES string of the molecule is Cc1noc(Cn2c(=S)[nH]c3ccc(F)c(F)c32)n1. The second kappa shape index (κ2) is 4.23. The first-order valence-corrected chi connectivity index (χ1v) is 5.83. The summed E-state index contributed by atoms with van der Waals surface area (Å²) < 4.78 is 33.7. The van der Waals surface area contributed by atoms with Crippen LogP contribution in [0.25, 0.3) is 11.0 Å². The van der Waals surface area contributed by atoms with Gasteiger partial charge in [-0.3, -0.25) is 0 Å². The lowest BCUT2D eigenvalue weighted by atomic mass is 10.3. The monoisotopic (exact) mass is 282 g/mol. The summed E-state index contributed by atoms with van der Waals surface area (Å²) in [6, 6.07) is 2.48. The van der Waals surface area contributed by atoms with Crippen LogP contribution < -0.4 is 0 Å². The van der Waals surface area contributed by atoms with Crippen LogP contribution in [-0.2, 0) is 6.54 Å². The second-order valence-corrected chi connectivity index (χ2v) is 4.40. The van der Waals surface area contributed by atoms with E-state index >= 15 is 0 Å². The molecule has 1 aromatic carbocycles. The molecule has 0 fully saturated rings. The summed E-state index contributed by atoms with van der Waals surface area (Å²) in [5.74, 6) is -1.15. The van der Waals surface area contributed by atoms with E-state index < -0.39 is 11.6 Å². The van der Waals surface area contributed by atoms with Crippen molar-refractivity contribution in [2.75, 3.05) is 0 Å². The van der Waals surface area contributed by atoms with Crippen LogP contribution in [0, 0.1) is 23.3 Å². The topological polar surface area (TPSA) is 59.6 Å². The zero-order valence-corrected chi connectivity index (χ0v) is 10.6. The molecule has 1 N–H and O–H groups in total. The second-order valence-electron chi connectivity index (χ2n) is 4.01. The molecule has 2 heterocycles. The van der Waals surface area contributed by atoms with Gasteiger partial charge in [0.05, 0.1) is 5.52 Å². The Kier molecular flexibility index (Phi) is 2.67. The minimum Gasteiger partial charge on any atom is -0.337 e. The highest BCUT2D eigenvalue weighted by Gasteiger charge is 2.15. The fraction of sp³-hybridized carbons (Fsp3) is 0.182. The van der Waals surface area contributed by atoms with Gasteiger partial charge in [0, 0.05) is 0 Å². The third-order valence-electron chi connectivity index (χ3n) is 2.69. The Balaban J connectivity index is 2.20. The predicted octanol–water partition coefficient (Wildman–Crippen LogP) is 2.72. The Hall–Kier alpha value is -2.09. The summed E-state index contributed by atoms with van der Waals surface area (Å²) >= 11 is 5.09. The van der Waals surface area contributed by atoms with Crippen molar-refractivity contribution in [2.24, 2.45) is 0 Å². The first-order chi connectivity index (χ1) is 9.06. The molecule has 8 heteroatoms. The molecule has 0 saturated carbocycles. The highest BCUT2D eigenvalue weighted by atomic mass is 32.1. The molecule has 98 valence electrons.